The van der Waals surface area contributed by atoms with Crippen LogP contribution in [0.25, 0.3) is 10.7 Å². The van der Waals surface area contributed by atoms with Gasteiger partial charge in [0, 0.05) is 30.4 Å². The number of hydrogen-bond donors (Lipinski definition) is 2. The molecule has 0 saturated heterocycles. The van der Waals surface area contributed by atoms with E-state index in [0.717, 1.165) is 30.2 Å². The fourth-order valence-electron chi connectivity index (χ4n) is 2.39. The molecule has 0 radical (unpaired) electrons. The molecule has 0 aliphatic heterocycles. The zero-order chi connectivity index (χ0) is 15.3. The summed E-state index contributed by atoms with van der Waals surface area (Å²) in [4.78, 5) is 9.94. The van der Waals surface area contributed by atoms with E-state index in [1.807, 2.05) is 31.3 Å². The predicted octanol–water partition coefficient (Wildman–Crippen LogP) is 3.09. The number of rotatable bonds is 7. The number of hydrogen-bond acceptors (Lipinski definition) is 5. The van der Waals surface area contributed by atoms with Crippen LogP contribution in [0.15, 0.2) is 30.6 Å². The summed E-state index contributed by atoms with van der Waals surface area (Å²) in [6.45, 7) is 7.84. The highest BCUT2D eigenvalue weighted by Crippen LogP contribution is 2.24. The maximum Gasteiger partial charge on any atom is 0.142 e. The van der Waals surface area contributed by atoms with Crippen LogP contribution in [0.2, 0.25) is 0 Å². The van der Waals surface area contributed by atoms with Gasteiger partial charge < -0.3 is 10.4 Å². The summed E-state index contributed by atoms with van der Waals surface area (Å²) in [5.41, 5.74) is 1.01. The van der Waals surface area contributed by atoms with E-state index >= 15 is 0 Å². The molecule has 0 aliphatic rings. The highest BCUT2D eigenvalue weighted by molar-refractivity contribution is 7.14. The fourth-order valence-corrected chi connectivity index (χ4v) is 3.25. The number of thiazole rings is 1. The van der Waals surface area contributed by atoms with E-state index < -0.39 is 0 Å². The lowest BCUT2D eigenvalue weighted by Crippen LogP contribution is -2.31. The molecule has 5 heteroatoms. The first-order chi connectivity index (χ1) is 9.96. The normalized spacial score (nSPS) is 13.3. The second-order valence-electron chi connectivity index (χ2n) is 6.17. The maximum absolute atomic E-state index is 9.49. The van der Waals surface area contributed by atoms with Crippen LogP contribution < -0.4 is 5.32 Å². The van der Waals surface area contributed by atoms with Crippen molar-refractivity contribution < 1.29 is 5.11 Å². The second-order valence-corrected chi connectivity index (χ2v) is 7.28. The van der Waals surface area contributed by atoms with Gasteiger partial charge in [-0.15, -0.1) is 11.3 Å². The molecule has 2 heterocycles. The van der Waals surface area contributed by atoms with E-state index in [0.29, 0.717) is 0 Å². The van der Waals surface area contributed by atoms with Gasteiger partial charge in [0.05, 0.1) is 11.8 Å². The molecule has 0 aliphatic carbocycles. The number of nitrogens with zero attached hydrogens (tertiary/aromatic N) is 2. The third-order valence-electron chi connectivity index (χ3n) is 3.19. The van der Waals surface area contributed by atoms with Crippen molar-refractivity contribution in [3.8, 4) is 10.7 Å². The Kier molecular flexibility index (Phi) is 5.45. The van der Waals surface area contributed by atoms with E-state index in [1.54, 1.807) is 17.5 Å². The van der Waals surface area contributed by atoms with Crippen molar-refractivity contribution in [2.24, 2.45) is 5.41 Å². The van der Waals surface area contributed by atoms with Crippen molar-refractivity contribution in [3.05, 3.63) is 35.5 Å². The van der Waals surface area contributed by atoms with Crippen molar-refractivity contribution in [1.82, 2.24) is 15.3 Å². The SMILES string of the molecule is CC(O)CC(C)(C)CNCc1cnc(-c2ccccn2)s1. The summed E-state index contributed by atoms with van der Waals surface area (Å²) < 4.78 is 0. The van der Waals surface area contributed by atoms with Crippen molar-refractivity contribution >= 4 is 11.3 Å². The van der Waals surface area contributed by atoms with E-state index in [9.17, 15) is 5.11 Å². The van der Waals surface area contributed by atoms with Crippen LogP contribution in [0.3, 0.4) is 0 Å². The molecule has 114 valence electrons. The molecule has 0 fully saturated rings. The molecule has 0 saturated carbocycles. The minimum Gasteiger partial charge on any atom is -0.393 e. The highest BCUT2D eigenvalue weighted by Gasteiger charge is 2.19. The van der Waals surface area contributed by atoms with Gasteiger partial charge in [-0.1, -0.05) is 19.9 Å². The number of nitrogens with one attached hydrogen (secondary N) is 1. The lowest BCUT2D eigenvalue weighted by atomic mass is 9.87. The number of aliphatic hydroxyl groups excluding tert-OH is 1. The first-order valence-corrected chi connectivity index (χ1v) is 8.03. The smallest absolute Gasteiger partial charge is 0.142 e. The summed E-state index contributed by atoms with van der Waals surface area (Å²) >= 11 is 1.66. The molecule has 2 aromatic rings. The lowest BCUT2D eigenvalue weighted by molar-refractivity contribution is 0.128. The zero-order valence-corrected chi connectivity index (χ0v) is 13.7. The Bertz CT molecular complexity index is 552. The van der Waals surface area contributed by atoms with Gasteiger partial charge >= 0.3 is 0 Å². The minimum atomic E-state index is -0.263. The van der Waals surface area contributed by atoms with Gasteiger partial charge in [0.15, 0.2) is 0 Å². The van der Waals surface area contributed by atoms with Crippen LogP contribution in [0.1, 0.15) is 32.1 Å². The Morgan fingerprint density at radius 2 is 2.14 bits per heavy atom. The van der Waals surface area contributed by atoms with Gasteiger partial charge in [0.1, 0.15) is 5.01 Å². The third-order valence-corrected chi connectivity index (χ3v) is 4.21. The molecule has 21 heavy (non-hydrogen) atoms. The fraction of sp³-hybridized carbons (Fsp3) is 0.500. The molecular weight excluding hydrogens is 282 g/mol. The van der Waals surface area contributed by atoms with Gasteiger partial charge in [0.25, 0.3) is 0 Å². The summed E-state index contributed by atoms with van der Waals surface area (Å²) in [7, 11) is 0. The van der Waals surface area contributed by atoms with E-state index in [-0.39, 0.29) is 11.5 Å². The van der Waals surface area contributed by atoms with Crippen molar-refractivity contribution in [2.45, 2.75) is 39.8 Å². The van der Waals surface area contributed by atoms with E-state index in [2.05, 4.69) is 29.1 Å². The van der Waals surface area contributed by atoms with Crippen LogP contribution in [-0.4, -0.2) is 27.7 Å². The Hall–Kier alpha value is -1.30. The van der Waals surface area contributed by atoms with E-state index in [1.165, 1.54) is 4.88 Å². The molecule has 4 nitrogen and oxygen atoms in total. The van der Waals surface area contributed by atoms with Crippen LogP contribution >= 0.6 is 11.3 Å². The summed E-state index contributed by atoms with van der Waals surface area (Å²) in [6.07, 6.45) is 4.22. The van der Waals surface area contributed by atoms with Crippen LogP contribution in [0.5, 0.6) is 0 Å². The minimum absolute atomic E-state index is 0.0860. The van der Waals surface area contributed by atoms with Crippen molar-refractivity contribution in [3.63, 3.8) is 0 Å². The van der Waals surface area contributed by atoms with Crippen molar-refractivity contribution in [1.29, 1.82) is 0 Å². The summed E-state index contributed by atoms with van der Waals surface area (Å²) in [5, 5.41) is 13.9. The van der Waals surface area contributed by atoms with Crippen LogP contribution in [0.4, 0.5) is 0 Å². The first-order valence-electron chi connectivity index (χ1n) is 7.21. The van der Waals surface area contributed by atoms with Crippen molar-refractivity contribution in [2.75, 3.05) is 6.54 Å². The summed E-state index contributed by atoms with van der Waals surface area (Å²) in [5.74, 6) is 0. The van der Waals surface area contributed by atoms with Crippen LogP contribution in [0, 0.1) is 5.41 Å². The largest absolute Gasteiger partial charge is 0.393 e. The Balaban J connectivity index is 1.86. The lowest BCUT2D eigenvalue weighted by Gasteiger charge is -2.26. The highest BCUT2D eigenvalue weighted by atomic mass is 32.1. The van der Waals surface area contributed by atoms with Crippen LogP contribution in [-0.2, 0) is 6.54 Å². The topological polar surface area (TPSA) is 58.0 Å². The summed E-state index contributed by atoms with van der Waals surface area (Å²) in [6, 6.07) is 5.85. The molecular formula is C16H23N3OS. The van der Waals surface area contributed by atoms with Gasteiger partial charge in [-0.25, -0.2) is 4.98 Å². The quantitative estimate of drug-likeness (QED) is 0.825. The Morgan fingerprint density at radius 1 is 1.33 bits per heavy atom. The second kappa shape index (κ2) is 7.11. The molecule has 2 aromatic heterocycles. The number of aromatic nitrogens is 2. The molecule has 1 atom stereocenters. The zero-order valence-electron chi connectivity index (χ0n) is 12.8. The van der Waals surface area contributed by atoms with Gasteiger partial charge in [-0.3, -0.25) is 4.98 Å². The molecule has 0 amide bonds. The average molecular weight is 305 g/mol. The van der Waals surface area contributed by atoms with E-state index in [4.69, 9.17) is 0 Å². The Morgan fingerprint density at radius 3 is 2.81 bits per heavy atom. The molecule has 0 spiro atoms. The monoisotopic (exact) mass is 305 g/mol. The molecule has 0 bridgehead atoms. The van der Waals surface area contributed by atoms with Gasteiger partial charge in [0.2, 0.25) is 0 Å². The maximum atomic E-state index is 9.49. The number of aliphatic hydroxyl groups is 1. The third kappa shape index (κ3) is 5.19. The Labute approximate surface area is 130 Å². The molecule has 2 rings (SSSR count). The van der Waals surface area contributed by atoms with Gasteiger partial charge in [-0.05, 0) is 30.9 Å². The standard InChI is InChI=1S/C16H23N3OS/c1-12(20)8-16(2,3)11-17-9-13-10-19-15(21-13)14-6-4-5-7-18-14/h4-7,10,12,17,20H,8-9,11H2,1-3H3. The molecule has 2 N–H and O–H groups in total. The average Bonchev–Trinajstić information content (AvgIpc) is 2.87. The molecule has 1 unspecified atom stereocenters. The first kappa shape index (κ1) is 16.1. The van der Waals surface area contributed by atoms with Gasteiger partial charge in [-0.2, -0.15) is 0 Å². The predicted molar refractivity (Wildman–Crippen MR) is 87.1 cm³/mol. The molecule has 0 aromatic carbocycles. The number of pyridine rings is 1.